The summed E-state index contributed by atoms with van der Waals surface area (Å²) in [5.41, 5.74) is 1.62. The van der Waals surface area contributed by atoms with E-state index in [9.17, 15) is 4.79 Å². The van der Waals surface area contributed by atoms with E-state index in [4.69, 9.17) is 12.2 Å². The topological polar surface area (TPSA) is 53.1 Å². The molecule has 128 valence electrons. The quantitative estimate of drug-likeness (QED) is 0.792. The second-order valence-electron chi connectivity index (χ2n) is 6.51. The first-order valence-electron chi connectivity index (χ1n) is 8.50. The summed E-state index contributed by atoms with van der Waals surface area (Å²) in [5.74, 6) is 0.442. The molecule has 2 aromatic rings. The van der Waals surface area contributed by atoms with Crippen LogP contribution in [0.1, 0.15) is 30.1 Å². The Bertz CT molecular complexity index is 728. The summed E-state index contributed by atoms with van der Waals surface area (Å²) in [6.45, 7) is 6.35. The summed E-state index contributed by atoms with van der Waals surface area (Å²) in [4.78, 5) is 17.7. The first-order chi connectivity index (χ1) is 11.6. The van der Waals surface area contributed by atoms with Gasteiger partial charge in [0.15, 0.2) is 4.77 Å². The number of nitrogens with one attached hydrogen (secondary N) is 2. The number of H-pyrrole nitrogens is 1. The molecule has 24 heavy (non-hydrogen) atoms. The molecule has 6 heteroatoms. The predicted molar refractivity (Wildman–Crippen MR) is 98.1 cm³/mol. The lowest BCUT2D eigenvalue weighted by atomic mass is 10.1. The van der Waals surface area contributed by atoms with Gasteiger partial charge in [-0.25, -0.2) is 0 Å². The van der Waals surface area contributed by atoms with Crippen molar-refractivity contribution in [3.8, 4) is 5.69 Å². The van der Waals surface area contributed by atoms with Gasteiger partial charge >= 0.3 is 0 Å². The maximum atomic E-state index is 12.3. The van der Waals surface area contributed by atoms with Crippen molar-refractivity contribution >= 4 is 18.1 Å². The van der Waals surface area contributed by atoms with Crippen LogP contribution in [-0.4, -0.2) is 46.5 Å². The molecule has 5 nitrogen and oxygen atoms in total. The number of rotatable bonds is 6. The van der Waals surface area contributed by atoms with Gasteiger partial charge in [0.1, 0.15) is 0 Å². The number of nitrogens with zero attached hydrogens (tertiary/aromatic N) is 2. The van der Waals surface area contributed by atoms with E-state index in [0.29, 0.717) is 22.8 Å². The first-order valence-corrected chi connectivity index (χ1v) is 8.91. The molecule has 1 atom stereocenters. The van der Waals surface area contributed by atoms with Crippen LogP contribution < -0.4 is 5.32 Å². The number of likely N-dealkylation sites (tertiary alicyclic amines) is 1. The number of amides is 1. The van der Waals surface area contributed by atoms with Gasteiger partial charge in [0.25, 0.3) is 5.91 Å². The lowest BCUT2D eigenvalue weighted by Gasteiger charge is -2.20. The van der Waals surface area contributed by atoms with E-state index in [1.807, 2.05) is 35.0 Å². The number of hydrogen-bond donors (Lipinski definition) is 2. The average Bonchev–Trinajstić information content (AvgIpc) is 3.24. The van der Waals surface area contributed by atoms with Crippen LogP contribution in [0.5, 0.6) is 0 Å². The number of aromatic nitrogens is 2. The fraction of sp³-hybridized carbons (Fsp3) is 0.444. The Balaban J connectivity index is 1.53. The fourth-order valence-corrected chi connectivity index (χ4v) is 3.37. The van der Waals surface area contributed by atoms with E-state index in [1.54, 1.807) is 6.20 Å². The smallest absolute Gasteiger partial charge is 0.251 e. The molecule has 0 bridgehead atoms. The van der Waals surface area contributed by atoms with Crippen molar-refractivity contribution in [1.29, 1.82) is 0 Å². The largest absolute Gasteiger partial charge is 0.352 e. The van der Waals surface area contributed by atoms with Crippen molar-refractivity contribution in [2.75, 3.05) is 26.2 Å². The van der Waals surface area contributed by atoms with Crippen LogP contribution in [0.2, 0.25) is 0 Å². The average molecular weight is 344 g/mol. The Morgan fingerprint density at radius 2 is 2.00 bits per heavy atom. The van der Waals surface area contributed by atoms with Gasteiger partial charge in [0.05, 0.1) is 0 Å². The van der Waals surface area contributed by atoms with Crippen LogP contribution in [-0.2, 0) is 0 Å². The van der Waals surface area contributed by atoms with Crippen molar-refractivity contribution in [3.63, 3.8) is 0 Å². The van der Waals surface area contributed by atoms with Crippen LogP contribution in [0.3, 0.4) is 0 Å². The summed E-state index contributed by atoms with van der Waals surface area (Å²) >= 11 is 5.20. The molecule has 1 amide bonds. The molecule has 0 saturated carbocycles. The van der Waals surface area contributed by atoms with Crippen molar-refractivity contribution in [2.45, 2.75) is 19.8 Å². The molecule has 2 heterocycles. The van der Waals surface area contributed by atoms with Crippen LogP contribution in [0.4, 0.5) is 0 Å². The second kappa shape index (κ2) is 7.77. The Labute approximate surface area is 147 Å². The van der Waals surface area contributed by atoms with Gasteiger partial charge in [-0.05, 0) is 68.3 Å². The van der Waals surface area contributed by atoms with E-state index in [0.717, 1.165) is 12.2 Å². The van der Waals surface area contributed by atoms with Gasteiger partial charge in [-0.15, -0.1) is 0 Å². The third-order valence-corrected chi connectivity index (χ3v) is 4.75. The minimum atomic E-state index is -0.0208. The van der Waals surface area contributed by atoms with E-state index < -0.39 is 0 Å². The summed E-state index contributed by atoms with van der Waals surface area (Å²) in [5, 5.41) is 3.04. The Hall–Kier alpha value is -1.92. The van der Waals surface area contributed by atoms with E-state index >= 15 is 0 Å². The summed E-state index contributed by atoms with van der Waals surface area (Å²) in [6.07, 6.45) is 6.27. The molecule has 0 radical (unpaired) electrons. The summed E-state index contributed by atoms with van der Waals surface area (Å²) in [6, 6.07) is 7.49. The second-order valence-corrected chi connectivity index (χ2v) is 6.89. The number of carbonyl (C=O) groups is 1. The minimum Gasteiger partial charge on any atom is -0.352 e. The molecule has 1 fully saturated rings. The van der Waals surface area contributed by atoms with Crippen LogP contribution >= 0.6 is 12.2 Å². The minimum absolute atomic E-state index is 0.0208. The molecular formula is C18H24N4OS. The maximum Gasteiger partial charge on any atom is 0.251 e. The number of aromatic amines is 1. The van der Waals surface area contributed by atoms with Crippen LogP contribution in [0, 0.1) is 10.7 Å². The number of benzene rings is 1. The van der Waals surface area contributed by atoms with Gasteiger partial charge in [-0.3, -0.25) is 9.36 Å². The van der Waals surface area contributed by atoms with Gasteiger partial charge in [0.2, 0.25) is 0 Å². The zero-order valence-corrected chi connectivity index (χ0v) is 14.8. The molecule has 1 aromatic carbocycles. The molecule has 0 unspecified atom stereocenters. The molecule has 2 N–H and O–H groups in total. The van der Waals surface area contributed by atoms with E-state index in [2.05, 4.69) is 22.1 Å². The van der Waals surface area contributed by atoms with Gasteiger partial charge in [-0.1, -0.05) is 6.92 Å². The summed E-state index contributed by atoms with van der Waals surface area (Å²) in [7, 11) is 0. The maximum absolute atomic E-state index is 12.3. The highest BCUT2D eigenvalue weighted by Gasteiger charge is 2.15. The third kappa shape index (κ3) is 4.13. The summed E-state index contributed by atoms with van der Waals surface area (Å²) < 4.78 is 2.51. The Kier molecular flexibility index (Phi) is 5.48. The standard InChI is InChI=1S/C18H24N4OS/c1-14(13-21-9-2-3-10-21)12-20-17(23)15-4-6-16(7-5-15)22-11-8-19-18(22)24/h4-8,11,14H,2-3,9-10,12-13H2,1H3,(H,19,24)(H,20,23)/t14-/m1/s1. The highest BCUT2D eigenvalue weighted by Crippen LogP contribution is 2.12. The van der Waals surface area contributed by atoms with Gasteiger partial charge < -0.3 is 15.2 Å². The molecule has 1 aliphatic rings. The molecule has 0 aliphatic carbocycles. The van der Waals surface area contributed by atoms with Crippen LogP contribution in [0.15, 0.2) is 36.7 Å². The normalized spacial score (nSPS) is 16.2. The zero-order chi connectivity index (χ0) is 16.9. The highest BCUT2D eigenvalue weighted by molar-refractivity contribution is 7.71. The van der Waals surface area contributed by atoms with Crippen molar-refractivity contribution in [1.82, 2.24) is 19.8 Å². The van der Waals surface area contributed by atoms with Crippen molar-refractivity contribution < 1.29 is 4.79 Å². The van der Waals surface area contributed by atoms with E-state index in [1.165, 1.54) is 25.9 Å². The molecule has 1 saturated heterocycles. The Morgan fingerprint density at radius 1 is 1.29 bits per heavy atom. The zero-order valence-electron chi connectivity index (χ0n) is 14.0. The fourth-order valence-electron chi connectivity index (χ4n) is 3.14. The molecule has 0 spiro atoms. The molecule has 1 aromatic heterocycles. The van der Waals surface area contributed by atoms with Gasteiger partial charge in [0, 0.05) is 36.7 Å². The Morgan fingerprint density at radius 3 is 2.62 bits per heavy atom. The van der Waals surface area contributed by atoms with E-state index in [-0.39, 0.29) is 5.91 Å². The van der Waals surface area contributed by atoms with Gasteiger partial charge in [-0.2, -0.15) is 0 Å². The predicted octanol–water partition coefficient (Wildman–Crippen LogP) is 3.00. The molecular weight excluding hydrogens is 320 g/mol. The lowest BCUT2D eigenvalue weighted by molar-refractivity contribution is 0.0945. The molecule has 3 rings (SSSR count). The SMILES string of the molecule is C[C@H](CNC(=O)c1ccc(-n2cc[nH]c2=S)cc1)CN1CCCC1. The molecule has 1 aliphatic heterocycles. The van der Waals surface area contributed by atoms with Crippen molar-refractivity contribution in [2.24, 2.45) is 5.92 Å². The number of hydrogen-bond acceptors (Lipinski definition) is 3. The lowest BCUT2D eigenvalue weighted by Crippen LogP contribution is -2.34. The highest BCUT2D eigenvalue weighted by atomic mass is 32.1. The van der Waals surface area contributed by atoms with Crippen LogP contribution in [0.25, 0.3) is 5.69 Å². The number of imidazole rings is 1. The monoisotopic (exact) mass is 344 g/mol. The van der Waals surface area contributed by atoms with Crippen molar-refractivity contribution in [3.05, 3.63) is 47.0 Å². The number of carbonyl (C=O) groups excluding carboxylic acids is 1. The first kappa shape index (κ1) is 16.9. The third-order valence-electron chi connectivity index (χ3n) is 4.44.